The fourth-order valence-electron chi connectivity index (χ4n) is 1.40. The van der Waals surface area contributed by atoms with Gasteiger partial charge < -0.3 is 15.2 Å². The SMILES string of the molecule is CCOC(CN)CCOc1ccc(Br)cc1Cl. The lowest BCUT2D eigenvalue weighted by Gasteiger charge is -2.15. The second-order valence-corrected chi connectivity index (χ2v) is 4.85. The summed E-state index contributed by atoms with van der Waals surface area (Å²) in [6, 6.07) is 5.54. The Morgan fingerprint density at radius 1 is 1.47 bits per heavy atom. The van der Waals surface area contributed by atoms with E-state index in [-0.39, 0.29) is 6.10 Å². The van der Waals surface area contributed by atoms with Gasteiger partial charge in [0.25, 0.3) is 0 Å². The molecule has 1 aromatic carbocycles. The summed E-state index contributed by atoms with van der Waals surface area (Å²) < 4.78 is 11.9. The van der Waals surface area contributed by atoms with Gasteiger partial charge in [0.15, 0.2) is 0 Å². The highest BCUT2D eigenvalue weighted by Crippen LogP contribution is 2.27. The van der Waals surface area contributed by atoms with E-state index < -0.39 is 0 Å². The molecule has 0 aliphatic heterocycles. The van der Waals surface area contributed by atoms with Gasteiger partial charge in [-0.1, -0.05) is 27.5 Å². The maximum absolute atomic E-state index is 6.03. The number of benzene rings is 1. The molecule has 3 nitrogen and oxygen atoms in total. The van der Waals surface area contributed by atoms with Gasteiger partial charge in [-0.3, -0.25) is 0 Å². The molecule has 1 rings (SSSR count). The van der Waals surface area contributed by atoms with Crippen LogP contribution in [-0.2, 0) is 4.74 Å². The molecule has 96 valence electrons. The molecule has 0 aliphatic carbocycles. The number of hydrogen-bond donors (Lipinski definition) is 1. The number of rotatable bonds is 7. The van der Waals surface area contributed by atoms with Crippen LogP contribution in [0.2, 0.25) is 5.02 Å². The predicted octanol–water partition coefficient (Wildman–Crippen LogP) is 3.24. The lowest BCUT2D eigenvalue weighted by molar-refractivity contribution is 0.0527. The smallest absolute Gasteiger partial charge is 0.137 e. The Labute approximate surface area is 115 Å². The molecule has 0 spiro atoms. The second kappa shape index (κ2) is 7.93. The molecule has 0 saturated heterocycles. The number of halogens is 2. The lowest BCUT2D eigenvalue weighted by atomic mass is 10.2. The molecule has 0 aliphatic rings. The summed E-state index contributed by atoms with van der Waals surface area (Å²) in [7, 11) is 0. The van der Waals surface area contributed by atoms with Crippen LogP contribution in [0.4, 0.5) is 0 Å². The van der Waals surface area contributed by atoms with Crippen LogP contribution in [0.1, 0.15) is 13.3 Å². The molecule has 0 amide bonds. The van der Waals surface area contributed by atoms with E-state index >= 15 is 0 Å². The fourth-order valence-corrected chi connectivity index (χ4v) is 2.13. The van der Waals surface area contributed by atoms with E-state index in [4.69, 9.17) is 26.8 Å². The van der Waals surface area contributed by atoms with Gasteiger partial charge in [0.2, 0.25) is 0 Å². The maximum atomic E-state index is 6.03. The average Bonchev–Trinajstić information content (AvgIpc) is 2.30. The molecule has 0 heterocycles. The summed E-state index contributed by atoms with van der Waals surface area (Å²) in [6.45, 7) is 3.67. The lowest BCUT2D eigenvalue weighted by Crippen LogP contribution is -2.25. The quantitative estimate of drug-likeness (QED) is 0.838. The van der Waals surface area contributed by atoms with E-state index in [0.717, 1.165) is 10.9 Å². The second-order valence-electron chi connectivity index (χ2n) is 3.52. The Morgan fingerprint density at radius 2 is 2.24 bits per heavy atom. The van der Waals surface area contributed by atoms with Gasteiger partial charge >= 0.3 is 0 Å². The summed E-state index contributed by atoms with van der Waals surface area (Å²) in [5, 5.41) is 0.597. The van der Waals surface area contributed by atoms with Crippen molar-refractivity contribution in [2.75, 3.05) is 19.8 Å². The molecule has 5 heteroatoms. The van der Waals surface area contributed by atoms with Gasteiger partial charge in [-0.25, -0.2) is 0 Å². The molecule has 0 fully saturated rings. The normalized spacial score (nSPS) is 12.5. The molecule has 0 bridgehead atoms. The third-order valence-corrected chi connectivity index (χ3v) is 3.05. The third kappa shape index (κ3) is 5.25. The average molecular weight is 323 g/mol. The van der Waals surface area contributed by atoms with E-state index in [2.05, 4.69) is 15.9 Å². The highest BCUT2D eigenvalue weighted by molar-refractivity contribution is 9.10. The molecular weight excluding hydrogens is 305 g/mol. The van der Waals surface area contributed by atoms with Gasteiger partial charge in [0, 0.05) is 24.0 Å². The highest BCUT2D eigenvalue weighted by Gasteiger charge is 2.07. The van der Waals surface area contributed by atoms with Crippen molar-refractivity contribution in [3.8, 4) is 5.75 Å². The van der Waals surface area contributed by atoms with E-state index in [1.807, 2.05) is 19.1 Å². The predicted molar refractivity (Wildman–Crippen MR) is 73.7 cm³/mol. The molecule has 2 N–H and O–H groups in total. The van der Waals surface area contributed by atoms with Gasteiger partial charge in [-0.2, -0.15) is 0 Å². The topological polar surface area (TPSA) is 44.5 Å². The Morgan fingerprint density at radius 3 is 2.82 bits per heavy atom. The monoisotopic (exact) mass is 321 g/mol. The fraction of sp³-hybridized carbons (Fsp3) is 0.500. The van der Waals surface area contributed by atoms with E-state index in [1.54, 1.807) is 6.07 Å². The molecule has 0 radical (unpaired) electrons. The summed E-state index contributed by atoms with van der Waals surface area (Å²) in [6.07, 6.45) is 0.811. The number of hydrogen-bond acceptors (Lipinski definition) is 3. The van der Waals surface area contributed by atoms with Crippen LogP contribution in [-0.4, -0.2) is 25.9 Å². The van der Waals surface area contributed by atoms with Crippen molar-refractivity contribution in [2.24, 2.45) is 5.73 Å². The first-order valence-corrected chi connectivity index (χ1v) is 6.74. The van der Waals surface area contributed by atoms with E-state index in [0.29, 0.717) is 30.5 Å². The Kier molecular flexibility index (Phi) is 6.89. The Hall–Kier alpha value is -0.290. The zero-order valence-electron chi connectivity index (χ0n) is 9.79. The van der Waals surface area contributed by atoms with Crippen molar-refractivity contribution in [3.63, 3.8) is 0 Å². The van der Waals surface area contributed by atoms with Crippen molar-refractivity contribution in [3.05, 3.63) is 27.7 Å². The van der Waals surface area contributed by atoms with E-state index in [9.17, 15) is 0 Å². The van der Waals surface area contributed by atoms with Crippen LogP contribution >= 0.6 is 27.5 Å². The first kappa shape index (κ1) is 14.8. The molecule has 1 aromatic rings. The van der Waals surface area contributed by atoms with E-state index in [1.165, 1.54) is 0 Å². The van der Waals surface area contributed by atoms with Crippen molar-refractivity contribution < 1.29 is 9.47 Å². The van der Waals surface area contributed by atoms with Gasteiger partial charge in [-0.05, 0) is 25.1 Å². The molecular formula is C12H17BrClNO2. The van der Waals surface area contributed by atoms with Gasteiger partial charge in [0.1, 0.15) is 5.75 Å². The van der Waals surface area contributed by atoms with Crippen molar-refractivity contribution in [1.29, 1.82) is 0 Å². The summed E-state index contributed by atoms with van der Waals surface area (Å²) in [4.78, 5) is 0. The van der Waals surface area contributed by atoms with Crippen molar-refractivity contribution in [1.82, 2.24) is 0 Å². The Bertz CT molecular complexity index is 349. The standard InChI is InChI=1S/C12H17BrClNO2/c1-2-16-10(8-15)5-6-17-12-4-3-9(13)7-11(12)14/h3-4,7,10H,2,5-6,8,15H2,1H3. The van der Waals surface area contributed by atoms with Crippen LogP contribution < -0.4 is 10.5 Å². The van der Waals surface area contributed by atoms with Gasteiger partial charge in [-0.15, -0.1) is 0 Å². The number of nitrogens with two attached hydrogens (primary N) is 1. The highest BCUT2D eigenvalue weighted by atomic mass is 79.9. The van der Waals surface area contributed by atoms with Crippen LogP contribution in [0.3, 0.4) is 0 Å². The minimum absolute atomic E-state index is 0.0502. The number of ether oxygens (including phenoxy) is 2. The van der Waals surface area contributed by atoms with Crippen LogP contribution in [0, 0.1) is 0 Å². The molecule has 1 atom stereocenters. The molecule has 1 unspecified atom stereocenters. The van der Waals surface area contributed by atoms with Gasteiger partial charge in [0.05, 0.1) is 17.7 Å². The summed E-state index contributed by atoms with van der Waals surface area (Å²) in [5.41, 5.74) is 5.58. The maximum Gasteiger partial charge on any atom is 0.137 e. The Balaban J connectivity index is 2.39. The zero-order chi connectivity index (χ0) is 12.7. The largest absolute Gasteiger partial charge is 0.492 e. The minimum Gasteiger partial charge on any atom is -0.492 e. The molecule has 17 heavy (non-hydrogen) atoms. The first-order valence-electron chi connectivity index (χ1n) is 5.57. The molecule has 0 aromatic heterocycles. The minimum atomic E-state index is 0.0502. The van der Waals surface area contributed by atoms with Crippen molar-refractivity contribution in [2.45, 2.75) is 19.4 Å². The summed E-state index contributed by atoms with van der Waals surface area (Å²) in [5.74, 6) is 0.683. The van der Waals surface area contributed by atoms with Crippen LogP contribution in [0.15, 0.2) is 22.7 Å². The third-order valence-electron chi connectivity index (χ3n) is 2.26. The molecule has 0 saturated carbocycles. The summed E-state index contributed by atoms with van der Waals surface area (Å²) >= 11 is 9.37. The zero-order valence-corrected chi connectivity index (χ0v) is 12.1. The van der Waals surface area contributed by atoms with Crippen molar-refractivity contribution >= 4 is 27.5 Å². The van der Waals surface area contributed by atoms with Crippen LogP contribution in [0.25, 0.3) is 0 Å². The first-order chi connectivity index (χ1) is 8.17. The van der Waals surface area contributed by atoms with Crippen LogP contribution in [0.5, 0.6) is 5.75 Å².